The maximum Gasteiger partial charge on any atom is 0.408 e. The minimum absolute atomic E-state index is 0.0119. The van der Waals surface area contributed by atoms with Gasteiger partial charge in [0, 0.05) is 23.9 Å². The molecule has 3 N–H and O–H groups in total. The van der Waals surface area contributed by atoms with E-state index in [1.807, 2.05) is 0 Å². The van der Waals surface area contributed by atoms with Crippen LogP contribution in [0.15, 0.2) is 36.5 Å². The molecule has 2 saturated carbocycles. The van der Waals surface area contributed by atoms with Crippen LogP contribution in [-0.2, 0) is 29.1 Å². The number of carbonyl (C=O) groups is 4. The zero-order chi connectivity index (χ0) is 42.5. The second kappa shape index (κ2) is 15.8. The van der Waals surface area contributed by atoms with Crippen LogP contribution in [0.4, 0.5) is 18.0 Å². The van der Waals surface area contributed by atoms with Gasteiger partial charge in [0.05, 0.1) is 30.6 Å². The molecule has 6 rings (SSSR count). The Hall–Kier alpha value is -4.65. The van der Waals surface area contributed by atoms with Crippen LogP contribution in [0.5, 0.6) is 11.6 Å². The fourth-order valence-electron chi connectivity index (χ4n) is 7.78. The van der Waals surface area contributed by atoms with Gasteiger partial charge in [0.25, 0.3) is 12.3 Å². The first-order valence-corrected chi connectivity index (χ1v) is 20.8. The van der Waals surface area contributed by atoms with Gasteiger partial charge in [0.15, 0.2) is 11.6 Å². The molecule has 0 radical (unpaired) electrons. The summed E-state index contributed by atoms with van der Waals surface area (Å²) in [6.45, 7) is 6.40. The largest absolute Gasteiger partial charge is 0.494 e. The number of halogens is 3. The molecular formula is C39H50F3N5O10S. The standard InChI is InChI=1S/C39H50F3N5O10S/c1-7-28-30(47(36(51)52)37(3,4)34(41)42)33(49)46-20-24(57-32-25-18-26(40)29(55-6)16-22(25)12-15-43-32)17-27(46)31(48)44-39(19-23(39)11-9-8-10-21(2)56-28)35(50)45-58(53,54)38(5)13-14-38/h9,11-12,15-16,18,21,23-24,27-28,30,34H,7-8,10,13-14,17,19-20H2,1-6H3,(H,44,48)(H,45,50)(H,51,52)/b11-9-/t21-,23-,24-,27+,28+,30+,39-/m1/s1. The van der Waals surface area contributed by atoms with Crippen molar-refractivity contribution in [3.8, 4) is 11.6 Å². The van der Waals surface area contributed by atoms with E-state index < -0.39 is 105 Å². The number of fused-ring (bicyclic) bond motifs is 3. The van der Waals surface area contributed by atoms with Crippen LogP contribution in [0.25, 0.3) is 10.8 Å². The monoisotopic (exact) mass is 837 g/mol. The van der Waals surface area contributed by atoms with E-state index in [1.54, 1.807) is 32.1 Å². The second-order valence-electron chi connectivity index (χ2n) is 16.4. The number of aromatic nitrogens is 1. The predicted octanol–water partition coefficient (Wildman–Crippen LogP) is 4.53. The number of hydrogen-bond donors (Lipinski definition) is 3. The molecule has 0 spiro atoms. The van der Waals surface area contributed by atoms with Crippen molar-refractivity contribution in [2.75, 3.05) is 13.7 Å². The summed E-state index contributed by atoms with van der Waals surface area (Å²) in [4.78, 5) is 62.2. The van der Waals surface area contributed by atoms with E-state index >= 15 is 4.79 Å². The maximum atomic E-state index is 15.0. The minimum Gasteiger partial charge on any atom is -0.494 e. The molecule has 3 heterocycles. The zero-order valence-corrected chi connectivity index (χ0v) is 34.0. The maximum absolute atomic E-state index is 15.0. The Bertz CT molecular complexity index is 2100. The van der Waals surface area contributed by atoms with Crippen LogP contribution in [0, 0.1) is 11.7 Å². The van der Waals surface area contributed by atoms with Gasteiger partial charge in [-0.2, -0.15) is 0 Å². The van der Waals surface area contributed by atoms with Crippen molar-refractivity contribution in [3.63, 3.8) is 0 Å². The van der Waals surface area contributed by atoms with Gasteiger partial charge in [-0.1, -0.05) is 19.1 Å². The van der Waals surface area contributed by atoms with Crippen LogP contribution in [-0.4, -0.2) is 118 Å². The molecule has 2 aromatic rings. The van der Waals surface area contributed by atoms with Gasteiger partial charge >= 0.3 is 6.09 Å². The highest BCUT2D eigenvalue weighted by atomic mass is 32.2. The highest BCUT2D eigenvalue weighted by molar-refractivity contribution is 7.91. The SMILES string of the molecule is CC[C@@H]1O[C@H](C)CC/C=C\[C@@H]2C[C@@]2(C(=O)NS(=O)(=O)C2(C)CC2)NC(=O)[C@@H]2C[C@@H](Oc3nccc4cc(OC)c(F)cc34)CN2C(=O)[C@H]1N(C(=O)O)C(C)(C)C(F)F. The number of allylic oxidation sites excluding steroid dienone is 1. The molecule has 1 saturated heterocycles. The highest BCUT2D eigenvalue weighted by Crippen LogP contribution is 2.48. The number of hydrogen-bond acceptors (Lipinski definition) is 10. The molecule has 4 amide bonds. The van der Waals surface area contributed by atoms with Gasteiger partial charge in [0.2, 0.25) is 27.7 Å². The van der Waals surface area contributed by atoms with Gasteiger partial charge in [-0.3, -0.25) is 24.0 Å². The molecule has 0 bridgehead atoms. The fraction of sp³-hybridized carbons (Fsp3) is 0.615. The lowest BCUT2D eigenvalue weighted by Crippen LogP contribution is -2.66. The van der Waals surface area contributed by atoms with Crippen molar-refractivity contribution in [1.82, 2.24) is 24.8 Å². The van der Waals surface area contributed by atoms with Gasteiger partial charge in [0.1, 0.15) is 29.3 Å². The van der Waals surface area contributed by atoms with E-state index in [1.165, 1.54) is 26.3 Å². The Morgan fingerprint density at radius 3 is 2.57 bits per heavy atom. The van der Waals surface area contributed by atoms with Crippen LogP contribution in [0.2, 0.25) is 0 Å². The van der Waals surface area contributed by atoms with Gasteiger partial charge < -0.3 is 29.5 Å². The lowest BCUT2D eigenvalue weighted by molar-refractivity contribution is -0.156. The fourth-order valence-corrected chi connectivity index (χ4v) is 9.09. The van der Waals surface area contributed by atoms with E-state index in [2.05, 4.69) is 15.0 Å². The number of carboxylic acid groups (broad SMARTS) is 1. The topological polar surface area (TPSA) is 194 Å². The van der Waals surface area contributed by atoms with Crippen molar-refractivity contribution >= 4 is 44.6 Å². The summed E-state index contributed by atoms with van der Waals surface area (Å²) < 4.78 is 89.4. The Kier molecular flexibility index (Phi) is 11.7. The molecule has 7 atom stereocenters. The summed E-state index contributed by atoms with van der Waals surface area (Å²) in [5, 5.41) is 14.0. The quantitative estimate of drug-likeness (QED) is 0.285. The molecule has 1 aromatic carbocycles. The molecule has 4 aliphatic rings. The molecule has 58 heavy (non-hydrogen) atoms. The molecular weight excluding hydrogens is 788 g/mol. The van der Waals surface area contributed by atoms with Gasteiger partial charge in [-0.05, 0) is 89.8 Å². The summed E-state index contributed by atoms with van der Waals surface area (Å²) in [5.74, 6) is -4.33. The van der Waals surface area contributed by atoms with E-state index in [4.69, 9.17) is 14.2 Å². The molecule has 0 unspecified atom stereocenters. The van der Waals surface area contributed by atoms with Crippen molar-refractivity contribution < 1.29 is 60.1 Å². The number of benzene rings is 1. The van der Waals surface area contributed by atoms with Crippen molar-refractivity contribution in [2.45, 2.75) is 132 Å². The zero-order valence-electron chi connectivity index (χ0n) is 33.2. The van der Waals surface area contributed by atoms with Crippen LogP contribution >= 0.6 is 0 Å². The normalized spacial score (nSPS) is 29.3. The number of carbonyl (C=O) groups excluding carboxylic acids is 3. The van der Waals surface area contributed by atoms with Crippen molar-refractivity contribution in [2.24, 2.45) is 5.92 Å². The average molecular weight is 838 g/mol. The molecule has 2 aliphatic heterocycles. The van der Waals surface area contributed by atoms with Crippen LogP contribution in [0.1, 0.15) is 79.6 Å². The first kappa shape index (κ1) is 42.9. The Morgan fingerprint density at radius 2 is 1.95 bits per heavy atom. The number of nitrogens with one attached hydrogen (secondary N) is 2. The summed E-state index contributed by atoms with van der Waals surface area (Å²) in [7, 11) is -2.82. The van der Waals surface area contributed by atoms with Gasteiger partial charge in [-0.25, -0.2) is 31.4 Å². The third kappa shape index (κ3) is 8.03. The molecule has 2 aliphatic carbocycles. The number of sulfonamides is 1. The average Bonchev–Trinajstić information content (AvgIpc) is 4.04. The third-order valence-electron chi connectivity index (χ3n) is 11.9. The first-order chi connectivity index (χ1) is 27.2. The van der Waals surface area contributed by atoms with E-state index in [9.17, 15) is 41.1 Å². The van der Waals surface area contributed by atoms with Crippen molar-refractivity contribution in [1.29, 1.82) is 0 Å². The molecule has 19 heteroatoms. The third-order valence-corrected chi connectivity index (χ3v) is 14.0. The van der Waals surface area contributed by atoms with Crippen LogP contribution < -0.4 is 19.5 Å². The highest BCUT2D eigenvalue weighted by Gasteiger charge is 2.63. The summed E-state index contributed by atoms with van der Waals surface area (Å²) in [5.41, 5.74) is -4.15. The number of nitrogens with zero attached hydrogens (tertiary/aromatic N) is 3. The number of amides is 4. The summed E-state index contributed by atoms with van der Waals surface area (Å²) in [6, 6.07) is 0.793. The number of ether oxygens (including phenoxy) is 3. The Labute approximate surface area is 334 Å². The second-order valence-corrected chi connectivity index (χ2v) is 18.6. The predicted molar refractivity (Wildman–Crippen MR) is 203 cm³/mol. The summed E-state index contributed by atoms with van der Waals surface area (Å²) >= 11 is 0. The number of methoxy groups -OCH3 is 1. The molecule has 15 nitrogen and oxygen atoms in total. The first-order valence-electron chi connectivity index (χ1n) is 19.3. The Morgan fingerprint density at radius 1 is 1.24 bits per heavy atom. The lowest BCUT2D eigenvalue weighted by atomic mass is 9.95. The van der Waals surface area contributed by atoms with E-state index in [0.717, 1.165) is 24.8 Å². The summed E-state index contributed by atoms with van der Waals surface area (Å²) in [6.07, 6.45) is -1.94. The minimum atomic E-state index is -4.13. The molecule has 3 fully saturated rings. The van der Waals surface area contributed by atoms with Gasteiger partial charge in [-0.15, -0.1) is 0 Å². The number of pyridine rings is 1. The number of rotatable bonds is 10. The number of alkyl halides is 2. The van der Waals surface area contributed by atoms with Crippen molar-refractivity contribution in [3.05, 3.63) is 42.4 Å². The lowest BCUT2D eigenvalue weighted by Gasteiger charge is -2.45. The van der Waals surface area contributed by atoms with E-state index in [-0.39, 0.29) is 36.3 Å². The Balaban J connectivity index is 1.43. The van der Waals surface area contributed by atoms with Crippen LogP contribution in [0.3, 0.4) is 0 Å². The smallest absolute Gasteiger partial charge is 0.408 e. The van der Waals surface area contributed by atoms with E-state index in [0.29, 0.717) is 36.0 Å². The molecule has 318 valence electrons. The molecule has 1 aromatic heterocycles.